The Morgan fingerprint density at radius 2 is 1.12 bits per heavy atom. The molecule has 5 nitrogen and oxygen atoms in total. The smallest absolute Gasteiger partial charge is 0.268 e. The Bertz CT molecular complexity index is 4230. The predicted molar refractivity (Wildman–Crippen MR) is 292 cm³/mol. The normalized spacial score (nSPS) is 14.1. The summed E-state index contributed by atoms with van der Waals surface area (Å²) in [4.78, 5) is 4.88. The maximum atomic E-state index is 9.20. The molecule has 6 heteroatoms. The van der Waals surface area contributed by atoms with E-state index >= 15 is 0 Å². The first-order valence-corrected chi connectivity index (χ1v) is 23.8. The van der Waals surface area contributed by atoms with Gasteiger partial charge in [-0.25, -0.2) is 4.98 Å². The number of hydrogen-bond donors (Lipinski definition) is 0. The van der Waals surface area contributed by atoms with Crippen molar-refractivity contribution < 1.29 is 44.1 Å². The minimum Gasteiger partial charge on any atom is -0.510 e. The second-order valence-electron chi connectivity index (χ2n) is 21.1. The molecule has 0 amide bonds. The van der Waals surface area contributed by atoms with E-state index in [1.54, 1.807) is 27.3 Å². The Balaban J connectivity index is 0.00000753. The van der Waals surface area contributed by atoms with Crippen molar-refractivity contribution >= 4 is 32.8 Å². The van der Waals surface area contributed by atoms with Crippen molar-refractivity contribution in [2.75, 3.05) is 0 Å². The number of para-hydroxylation sites is 4. The van der Waals surface area contributed by atoms with E-state index < -0.39 is 60.4 Å². The van der Waals surface area contributed by atoms with E-state index in [1.807, 2.05) is 72.9 Å². The van der Waals surface area contributed by atoms with Crippen LogP contribution in [0.2, 0.25) is 0 Å². The van der Waals surface area contributed by atoms with Crippen molar-refractivity contribution in [2.45, 2.75) is 78.6 Å². The Kier molecular flexibility index (Phi) is 9.72. The van der Waals surface area contributed by atoms with Gasteiger partial charge in [-0.05, 0) is 90.0 Å². The number of aromatic nitrogens is 4. The van der Waals surface area contributed by atoms with E-state index in [4.69, 9.17) is 17.9 Å². The molecule has 0 aliphatic heterocycles. The van der Waals surface area contributed by atoms with Crippen LogP contribution < -0.4 is 9.30 Å². The van der Waals surface area contributed by atoms with Gasteiger partial charge in [-0.2, -0.15) is 12.1 Å². The van der Waals surface area contributed by atoms with Crippen LogP contribution in [0.15, 0.2) is 188 Å². The van der Waals surface area contributed by atoms with Gasteiger partial charge < -0.3 is 13.9 Å². The summed E-state index contributed by atoms with van der Waals surface area (Å²) < 4.78 is 101. The summed E-state index contributed by atoms with van der Waals surface area (Å²) in [5.41, 5.74) is 8.05. The molecular formula is C66H58N4OPt-2. The summed E-state index contributed by atoms with van der Waals surface area (Å²) in [6.45, 7) is 19.7. The number of benzene rings is 8. The number of pyridine rings is 1. The molecule has 72 heavy (non-hydrogen) atoms. The average molecular weight is 1130 g/mol. The molecule has 0 aliphatic rings. The van der Waals surface area contributed by atoms with Crippen LogP contribution in [-0.2, 0) is 37.3 Å². The first-order chi connectivity index (χ1) is 38.2. The topological polar surface area (TPSA) is 35.9 Å². The number of hydrogen-bond acceptors (Lipinski definition) is 2. The number of fused-ring (bicyclic) bond motifs is 4. The molecule has 0 unspecified atom stereocenters. The van der Waals surface area contributed by atoms with Gasteiger partial charge in [-0.1, -0.05) is 207 Å². The van der Waals surface area contributed by atoms with Crippen LogP contribution in [0, 0.1) is 18.5 Å². The van der Waals surface area contributed by atoms with Gasteiger partial charge in [0.05, 0.1) is 30.4 Å². The molecule has 8 aromatic carbocycles. The fraction of sp³-hybridized carbons (Fsp3) is 0.182. The minimum absolute atomic E-state index is 0. The third kappa shape index (κ3) is 9.12. The number of rotatable bonds is 8. The van der Waals surface area contributed by atoms with Gasteiger partial charge in [0, 0.05) is 44.3 Å². The molecule has 3 heterocycles. The van der Waals surface area contributed by atoms with Crippen molar-refractivity contribution in [1.29, 1.82) is 0 Å². The van der Waals surface area contributed by atoms with E-state index in [-0.39, 0.29) is 65.3 Å². The standard InChI is InChI=1S/C66H58N4O.Pt/c1-64(2,3)48-33-34-67-62(40-48)70-58-28-17-16-25-56(58)57-32-31-52(42-61(57)70)71-53-38-47(46-35-49(65(4,5)6)39-50(36-46)66(7,8)9)37-51(41-53)68-43-69(60-30-19-18-29-59(60)68)63-54(44-21-12-10-13-22-44)26-20-27-55(63)45-23-14-11-15-24-45;/h10-40H,1-9H3;/q-2;/i10D,11D,12D,13D,14D,15D,21D,22D,23D,24D;. The zero-order chi connectivity index (χ0) is 57.9. The van der Waals surface area contributed by atoms with Crippen LogP contribution in [0.4, 0.5) is 0 Å². The SMILES string of the molecule is [2H]c1c([2H])c([2H])c(-c2cccc(-c3c([2H])c([2H])c([2H])c([2H])c3[2H])c2-[n+]2[c-]n(-c3[c-]c(Oc4[c-]c5c(cc4)c4ccccc4n5-c4cc(C(C)(C)C)ccn4)cc(-c4cc(C(C)(C)C)cc(C(C)(C)C)c4)c3)c3ccccc32)c([2H])c1[2H].[Pt]. The van der Waals surface area contributed by atoms with E-state index in [2.05, 4.69) is 122 Å². The second-order valence-corrected chi connectivity index (χ2v) is 21.1. The van der Waals surface area contributed by atoms with Gasteiger partial charge in [-0.15, -0.1) is 35.2 Å². The molecule has 0 radical (unpaired) electrons. The minimum atomic E-state index is -0.577. The first kappa shape index (κ1) is 37.4. The third-order valence-electron chi connectivity index (χ3n) is 13.0. The maximum absolute atomic E-state index is 9.20. The number of ether oxygens (including phenoxy) is 1. The van der Waals surface area contributed by atoms with Crippen molar-refractivity contribution in [3.05, 3.63) is 223 Å². The zero-order valence-corrected chi connectivity index (χ0v) is 43.9. The molecule has 360 valence electrons. The van der Waals surface area contributed by atoms with Crippen LogP contribution in [-0.4, -0.2) is 14.1 Å². The fourth-order valence-electron chi connectivity index (χ4n) is 9.19. The Morgan fingerprint density at radius 1 is 0.528 bits per heavy atom. The molecule has 11 rings (SSSR count). The maximum Gasteiger partial charge on any atom is 0.268 e. The molecule has 0 saturated carbocycles. The van der Waals surface area contributed by atoms with E-state index in [0.29, 0.717) is 28.2 Å². The summed E-state index contributed by atoms with van der Waals surface area (Å²) in [5, 5.41) is 2.01. The monoisotopic (exact) mass is 1130 g/mol. The third-order valence-corrected chi connectivity index (χ3v) is 13.0. The molecule has 3 aromatic heterocycles. The summed E-state index contributed by atoms with van der Waals surface area (Å²) in [7, 11) is 0. The molecule has 0 fully saturated rings. The van der Waals surface area contributed by atoms with Crippen molar-refractivity contribution in [2.24, 2.45) is 0 Å². The van der Waals surface area contributed by atoms with Crippen LogP contribution in [0.1, 0.15) is 92.7 Å². The van der Waals surface area contributed by atoms with E-state index in [9.17, 15) is 5.48 Å². The van der Waals surface area contributed by atoms with Crippen LogP contribution in [0.3, 0.4) is 0 Å². The zero-order valence-electron chi connectivity index (χ0n) is 51.6. The second kappa shape index (κ2) is 18.7. The fourth-order valence-corrected chi connectivity index (χ4v) is 9.19. The van der Waals surface area contributed by atoms with Crippen LogP contribution >= 0.6 is 0 Å². The van der Waals surface area contributed by atoms with Gasteiger partial charge in [0.25, 0.3) is 6.33 Å². The average Bonchev–Trinajstić information content (AvgIpc) is 4.10. The Morgan fingerprint density at radius 3 is 1.76 bits per heavy atom. The van der Waals surface area contributed by atoms with Crippen molar-refractivity contribution in [3.63, 3.8) is 0 Å². The van der Waals surface area contributed by atoms with E-state index in [1.165, 1.54) is 0 Å². The first-order valence-electron chi connectivity index (χ1n) is 28.8. The summed E-state index contributed by atoms with van der Waals surface area (Å²) in [6.07, 6.45) is 5.39. The molecule has 0 saturated heterocycles. The predicted octanol–water partition coefficient (Wildman–Crippen LogP) is 16.5. The van der Waals surface area contributed by atoms with Gasteiger partial charge in [-0.3, -0.25) is 4.57 Å². The van der Waals surface area contributed by atoms with Crippen LogP contribution in [0.25, 0.3) is 83.4 Å². The van der Waals surface area contributed by atoms with Crippen molar-refractivity contribution in [1.82, 2.24) is 14.1 Å². The number of imidazole rings is 1. The largest absolute Gasteiger partial charge is 0.510 e. The van der Waals surface area contributed by atoms with Gasteiger partial charge in [0.2, 0.25) is 0 Å². The Labute approximate surface area is 452 Å². The molecule has 0 atom stereocenters. The molecule has 11 aromatic rings. The number of nitrogens with zero attached hydrogens (tertiary/aromatic N) is 4. The van der Waals surface area contributed by atoms with Gasteiger partial charge in [0.1, 0.15) is 5.82 Å². The summed E-state index contributed by atoms with van der Waals surface area (Å²) in [5.74, 6) is 1.52. The van der Waals surface area contributed by atoms with E-state index in [0.717, 1.165) is 55.4 Å². The molecular weight excluding hydrogens is 1060 g/mol. The molecule has 0 bridgehead atoms. The molecule has 0 spiro atoms. The van der Waals surface area contributed by atoms with Gasteiger partial charge in [0.15, 0.2) is 0 Å². The quantitative estimate of drug-likeness (QED) is 0.112. The van der Waals surface area contributed by atoms with Crippen molar-refractivity contribution in [3.8, 4) is 62.1 Å². The van der Waals surface area contributed by atoms with Gasteiger partial charge >= 0.3 is 0 Å². The molecule has 0 N–H and O–H groups in total. The van der Waals surface area contributed by atoms with Crippen LogP contribution in [0.5, 0.6) is 11.5 Å². The summed E-state index contributed by atoms with van der Waals surface area (Å²) >= 11 is 0. The summed E-state index contributed by atoms with van der Waals surface area (Å²) in [6, 6.07) is 41.1. The Hall–Kier alpha value is -7.33. The molecule has 0 aliphatic carbocycles.